The van der Waals surface area contributed by atoms with Gasteiger partial charge in [0.1, 0.15) is 31.6 Å². The first-order valence-corrected chi connectivity index (χ1v) is 13.1. The smallest absolute Gasteiger partial charge is 0.244 e. The maximum atomic E-state index is 12.9. The average molecular weight is 489 g/mol. The fourth-order valence-corrected chi connectivity index (χ4v) is 5.66. The molecular formula is C28H36N6O2. The summed E-state index contributed by atoms with van der Waals surface area (Å²) < 4.78 is 7.89. The molecule has 2 aliphatic heterocycles. The molecule has 0 radical (unpaired) electrons. The number of ether oxygens (including phenoxy) is 1. The Balaban J connectivity index is 1.30. The zero-order valence-corrected chi connectivity index (χ0v) is 21.0. The van der Waals surface area contributed by atoms with Gasteiger partial charge in [0.05, 0.1) is 0 Å². The first-order chi connectivity index (χ1) is 17.7. The molecular weight excluding hydrogens is 452 g/mol. The third kappa shape index (κ3) is 6.29. The molecule has 1 amide bonds. The summed E-state index contributed by atoms with van der Waals surface area (Å²) in [5.41, 5.74) is 2.73. The highest BCUT2D eigenvalue weighted by Gasteiger charge is 2.37. The van der Waals surface area contributed by atoms with Gasteiger partial charge in [-0.2, -0.15) is 5.10 Å². The number of hydrogen-bond donors (Lipinski definition) is 0. The van der Waals surface area contributed by atoms with E-state index in [2.05, 4.69) is 50.3 Å². The number of aromatic nitrogens is 4. The van der Waals surface area contributed by atoms with Crippen molar-refractivity contribution in [3.05, 3.63) is 72.6 Å². The van der Waals surface area contributed by atoms with E-state index in [0.29, 0.717) is 6.61 Å². The number of amides is 1. The Morgan fingerprint density at radius 1 is 1.00 bits per heavy atom. The first-order valence-electron chi connectivity index (χ1n) is 13.1. The van der Waals surface area contributed by atoms with E-state index < -0.39 is 0 Å². The molecule has 4 heterocycles. The minimum absolute atomic E-state index is 0.126. The van der Waals surface area contributed by atoms with E-state index in [1.54, 1.807) is 11.0 Å². The van der Waals surface area contributed by atoms with Crippen molar-refractivity contribution >= 4 is 5.91 Å². The number of likely N-dealkylation sites (tertiary alicyclic amines) is 1. The molecule has 8 nitrogen and oxygen atoms in total. The molecule has 2 aliphatic rings. The van der Waals surface area contributed by atoms with Gasteiger partial charge in [0.2, 0.25) is 5.91 Å². The molecule has 5 rings (SSSR count). The van der Waals surface area contributed by atoms with Gasteiger partial charge in [0.15, 0.2) is 0 Å². The normalized spacial score (nSPS) is 19.1. The van der Waals surface area contributed by atoms with Crippen molar-refractivity contribution in [1.29, 1.82) is 0 Å². The van der Waals surface area contributed by atoms with Crippen LogP contribution in [0, 0.1) is 5.41 Å². The molecule has 190 valence electrons. The van der Waals surface area contributed by atoms with Gasteiger partial charge in [-0.15, -0.1) is 0 Å². The summed E-state index contributed by atoms with van der Waals surface area (Å²) in [6.07, 6.45) is 13.5. The zero-order valence-electron chi connectivity index (χ0n) is 21.0. The highest BCUT2D eigenvalue weighted by Crippen LogP contribution is 2.38. The van der Waals surface area contributed by atoms with Crippen LogP contribution in [0.25, 0.3) is 0 Å². The Morgan fingerprint density at radius 2 is 1.89 bits per heavy atom. The topological polar surface area (TPSA) is 76.4 Å². The second-order valence-corrected chi connectivity index (χ2v) is 10.2. The first kappa shape index (κ1) is 24.4. The number of nitrogens with zero attached hydrogens (tertiary/aromatic N) is 6. The number of para-hydroxylation sites is 1. The Morgan fingerprint density at radius 3 is 2.69 bits per heavy atom. The summed E-state index contributed by atoms with van der Waals surface area (Å²) in [6, 6.07) is 12.6. The third-order valence-corrected chi connectivity index (χ3v) is 7.67. The molecule has 1 aromatic carbocycles. The molecule has 3 aromatic rings. The fourth-order valence-electron chi connectivity index (χ4n) is 5.66. The van der Waals surface area contributed by atoms with Crippen LogP contribution >= 0.6 is 0 Å². The van der Waals surface area contributed by atoms with E-state index in [4.69, 9.17) is 4.74 Å². The van der Waals surface area contributed by atoms with Gasteiger partial charge < -0.3 is 9.64 Å². The molecule has 1 saturated heterocycles. The number of fused-ring (bicyclic) bond motifs is 1. The van der Waals surface area contributed by atoms with E-state index in [0.717, 1.165) is 64.2 Å². The summed E-state index contributed by atoms with van der Waals surface area (Å²) in [6.45, 7) is 5.25. The van der Waals surface area contributed by atoms with Crippen molar-refractivity contribution in [1.82, 2.24) is 29.5 Å². The molecule has 1 fully saturated rings. The number of carbonyl (C=O) groups is 1. The van der Waals surface area contributed by atoms with E-state index in [9.17, 15) is 4.79 Å². The van der Waals surface area contributed by atoms with Crippen LogP contribution in [0.2, 0.25) is 0 Å². The van der Waals surface area contributed by atoms with E-state index in [1.165, 1.54) is 30.3 Å². The maximum absolute atomic E-state index is 12.9. The van der Waals surface area contributed by atoms with Gasteiger partial charge in [-0.1, -0.05) is 30.7 Å². The van der Waals surface area contributed by atoms with Crippen LogP contribution in [-0.2, 0) is 24.3 Å². The zero-order chi connectivity index (χ0) is 24.6. The van der Waals surface area contributed by atoms with Crippen LogP contribution in [-0.4, -0.2) is 68.2 Å². The van der Waals surface area contributed by atoms with Crippen molar-refractivity contribution < 1.29 is 9.53 Å². The maximum Gasteiger partial charge on any atom is 0.244 e. The van der Waals surface area contributed by atoms with E-state index in [1.807, 2.05) is 23.4 Å². The van der Waals surface area contributed by atoms with Crippen molar-refractivity contribution in [2.45, 2.75) is 51.6 Å². The summed E-state index contributed by atoms with van der Waals surface area (Å²) in [5, 5.41) is 4.09. The quantitative estimate of drug-likeness (QED) is 0.559. The highest BCUT2D eigenvalue weighted by atomic mass is 16.5. The number of aryl methyl sites for hydroxylation is 1. The molecule has 36 heavy (non-hydrogen) atoms. The van der Waals surface area contributed by atoms with Crippen molar-refractivity contribution in [2.75, 3.05) is 32.8 Å². The predicted octanol–water partition coefficient (Wildman–Crippen LogP) is 3.59. The number of benzene rings is 1. The SMILES string of the molecule is O=C(Cn1cncn1)N1CCC2(CCCCc3ccccc3OCCN(Cc3cccnc3)C2)CC1. The molecule has 0 bridgehead atoms. The number of piperidine rings is 1. The minimum atomic E-state index is 0.126. The molecule has 2 aromatic heterocycles. The molecule has 0 N–H and O–H groups in total. The minimum Gasteiger partial charge on any atom is -0.492 e. The van der Waals surface area contributed by atoms with Gasteiger partial charge >= 0.3 is 0 Å². The molecule has 0 unspecified atom stereocenters. The second-order valence-electron chi connectivity index (χ2n) is 10.2. The second kappa shape index (κ2) is 11.6. The van der Waals surface area contributed by atoms with Crippen LogP contribution in [0.1, 0.15) is 43.2 Å². The van der Waals surface area contributed by atoms with Gasteiger partial charge in [0.25, 0.3) is 0 Å². The van der Waals surface area contributed by atoms with Gasteiger partial charge in [-0.3, -0.25) is 14.7 Å². The fraction of sp³-hybridized carbons (Fsp3) is 0.500. The summed E-state index contributed by atoms with van der Waals surface area (Å²) >= 11 is 0. The Labute approximate surface area is 213 Å². The van der Waals surface area contributed by atoms with Gasteiger partial charge in [-0.05, 0) is 60.8 Å². The van der Waals surface area contributed by atoms with Crippen LogP contribution in [0.4, 0.5) is 0 Å². The van der Waals surface area contributed by atoms with Crippen molar-refractivity contribution in [2.24, 2.45) is 5.41 Å². The lowest BCUT2D eigenvalue weighted by molar-refractivity contribution is -0.134. The molecule has 0 saturated carbocycles. The van der Waals surface area contributed by atoms with E-state index >= 15 is 0 Å². The lowest BCUT2D eigenvalue weighted by atomic mass is 9.73. The Bertz CT molecular complexity index is 1100. The summed E-state index contributed by atoms with van der Waals surface area (Å²) in [4.78, 5) is 25.7. The standard InChI is InChI=1S/C28H36N6O2/c35-27(20-34-23-30-22-31-34)33-14-11-28(12-15-33)10-4-3-8-25-7-1-2-9-26(25)36-17-16-32(21-28)19-24-6-5-13-29-18-24/h1-2,5-7,9,13,18,22-23H,3-4,8,10-12,14-17,19-21H2. The molecule has 8 heteroatoms. The Hall–Kier alpha value is -3.26. The van der Waals surface area contributed by atoms with Crippen molar-refractivity contribution in [3.63, 3.8) is 0 Å². The summed E-state index contributed by atoms with van der Waals surface area (Å²) in [5.74, 6) is 1.15. The van der Waals surface area contributed by atoms with Crippen molar-refractivity contribution in [3.8, 4) is 5.75 Å². The van der Waals surface area contributed by atoms with Crippen LogP contribution in [0.3, 0.4) is 0 Å². The summed E-state index contributed by atoms with van der Waals surface area (Å²) in [7, 11) is 0. The largest absolute Gasteiger partial charge is 0.492 e. The monoisotopic (exact) mass is 488 g/mol. The molecule has 0 aliphatic carbocycles. The molecule has 1 spiro atoms. The Kier molecular flexibility index (Phi) is 7.91. The third-order valence-electron chi connectivity index (χ3n) is 7.67. The van der Waals surface area contributed by atoms with E-state index in [-0.39, 0.29) is 17.9 Å². The highest BCUT2D eigenvalue weighted by molar-refractivity contribution is 5.76. The molecule has 0 atom stereocenters. The number of hydrogen-bond acceptors (Lipinski definition) is 6. The average Bonchev–Trinajstić information content (AvgIpc) is 3.41. The van der Waals surface area contributed by atoms with Gasteiger partial charge in [0, 0.05) is 45.1 Å². The van der Waals surface area contributed by atoms with Crippen LogP contribution in [0.5, 0.6) is 5.75 Å². The number of pyridine rings is 1. The van der Waals surface area contributed by atoms with Crippen LogP contribution < -0.4 is 4.74 Å². The number of carbonyl (C=O) groups excluding carboxylic acids is 1. The van der Waals surface area contributed by atoms with Crippen LogP contribution in [0.15, 0.2) is 61.4 Å². The predicted molar refractivity (Wildman–Crippen MR) is 137 cm³/mol. The van der Waals surface area contributed by atoms with Gasteiger partial charge in [-0.25, -0.2) is 9.67 Å². The lowest BCUT2D eigenvalue weighted by Gasteiger charge is -2.45. The number of rotatable bonds is 4. The lowest BCUT2D eigenvalue weighted by Crippen LogP contribution is -2.49.